The Morgan fingerprint density at radius 3 is 2.76 bits per heavy atom. The lowest BCUT2D eigenvalue weighted by Crippen LogP contribution is -2.35. The van der Waals surface area contributed by atoms with Gasteiger partial charge in [0.2, 0.25) is 0 Å². The molecule has 1 unspecified atom stereocenters. The Bertz CT molecular complexity index is 908. The highest BCUT2D eigenvalue weighted by molar-refractivity contribution is 7.22. The third-order valence-electron chi connectivity index (χ3n) is 3.60. The lowest BCUT2D eigenvalue weighted by atomic mass is 10.2. The largest absolute Gasteiger partial charge is 0.449 e. The number of carbonyl (C=O) groups is 2. The number of esters is 1. The molecule has 1 amide bonds. The van der Waals surface area contributed by atoms with Gasteiger partial charge >= 0.3 is 5.97 Å². The molecule has 0 radical (unpaired) electrons. The zero-order valence-electron chi connectivity index (χ0n) is 13.6. The predicted molar refractivity (Wildman–Crippen MR) is 97.2 cm³/mol. The summed E-state index contributed by atoms with van der Waals surface area (Å²) in [6.07, 6.45) is -0.890. The van der Waals surface area contributed by atoms with Crippen LogP contribution in [0.4, 0.5) is 5.13 Å². The van der Waals surface area contributed by atoms with Gasteiger partial charge in [0.05, 0.1) is 15.8 Å². The first-order valence-corrected chi connectivity index (χ1v) is 8.53. The standard InChI is InChI=1S/C18H17N3O3S/c1-11(16(22)20-10-12-5-3-2-4-6-12)24-17(23)13-7-8-14-15(9-13)25-18(19)21-14/h2-9,11H,10H2,1H3,(H2,19,21)(H,20,22). The van der Waals surface area contributed by atoms with E-state index in [9.17, 15) is 9.59 Å². The molecular weight excluding hydrogens is 338 g/mol. The predicted octanol–water partition coefficient (Wildman–Crippen LogP) is 2.74. The van der Waals surface area contributed by atoms with Crippen molar-refractivity contribution in [2.45, 2.75) is 19.6 Å². The summed E-state index contributed by atoms with van der Waals surface area (Å²) in [6, 6.07) is 14.5. The fraction of sp³-hybridized carbons (Fsp3) is 0.167. The molecule has 6 nitrogen and oxygen atoms in total. The van der Waals surface area contributed by atoms with E-state index in [1.165, 1.54) is 11.3 Å². The molecule has 1 heterocycles. The minimum Gasteiger partial charge on any atom is -0.449 e. The maximum atomic E-state index is 12.2. The normalized spacial score (nSPS) is 11.9. The van der Waals surface area contributed by atoms with E-state index < -0.39 is 12.1 Å². The molecular formula is C18H17N3O3S. The van der Waals surface area contributed by atoms with Crippen LogP contribution < -0.4 is 11.1 Å². The van der Waals surface area contributed by atoms with Crippen LogP contribution in [0.1, 0.15) is 22.8 Å². The van der Waals surface area contributed by atoms with Crippen LogP contribution in [0.25, 0.3) is 10.2 Å². The van der Waals surface area contributed by atoms with Crippen molar-refractivity contribution in [2.24, 2.45) is 0 Å². The molecule has 0 spiro atoms. The third kappa shape index (κ3) is 4.13. The van der Waals surface area contributed by atoms with Crippen molar-refractivity contribution < 1.29 is 14.3 Å². The van der Waals surface area contributed by atoms with Crippen molar-refractivity contribution in [2.75, 3.05) is 5.73 Å². The number of amides is 1. The minimum atomic E-state index is -0.890. The molecule has 0 aliphatic carbocycles. The Kier molecular flexibility index (Phi) is 4.95. The first kappa shape index (κ1) is 16.9. The zero-order valence-corrected chi connectivity index (χ0v) is 14.4. The van der Waals surface area contributed by atoms with Crippen LogP contribution in [0.5, 0.6) is 0 Å². The first-order chi connectivity index (χ1) is 12.0. The summed E-state index contributed by atoms with van der Waals surface area (Å²) in [4.78, 5) is 28.5. The van der Waals surface area contributed by atoms with Crippen LogP contribution in [0.2, 0.25) is 0 Å². The number of fused-ring (bicyclic) bond motifs is 1. The number of hydrogen-bond acceptors (Lipinski definition) is 6. The fourth-order valence-electron chi connectivity index (χ4n) is 2.28. The van der Waals surface area contributed by atoms with E-state index >= 15 is 0 Å². The van der Waals surface area contributed by atoms with Gasteiger partial charge in [-0.25, -0.2) is 9.78 Å². The Morgan fingerprint density at radius 1 is 1.24 bits per heavy atom. The lowest BCUT2D eigenvalue weighted by molar-refractivity contribution is -0.129. The number of hydrogen-bond donors (Lipinski definition) is 2. The number of rotatable bonds is 5. The van der Waals surface area contributed by atoms with E-state index in [2.05, 4.69) is 10.3 Å². The zero-order chi connectivity index (χ0) is 17.8. The maximum Gasteiger partial charge on any atom is 0.338 e. The van der Waals surface area contributed by atoms with Crippen LogP contribution in [0, 0.1) is 0 Å². The molecule has 2 aromatic carbocycles. The highest BCUT2D eigenvalue weighted by Crippen LogP contribution is 2.25. The van der Waals surface area contributed by atoms with Crippen molar-refractivity contribution in [3.8, 4) is 0 Å². The molecule has 3 N–H and O–H groups in total. The van der Waals surface area contributed by atoms with E-state index in [-0.39, 0.29) is 5.91 Å². The summed E-state index contributed by atoms with van der Waals surface area (Å²) in [5.74, 6) is -0.906. The number of benzene rings is 2. The molecule has 128 valence electrons. The number of thiazole rings is 1. The van der Waals surface area contributed by atoms with Gasteiger partial charge in [0, 0.05) is 6.54 Å². The van der Waals surface area contributed by atoms with E-state index in [1.54, 1.807) is 25.1 Å². The average molecular weight is 355 g/mol. The summed E-state index contributed by atoms with van der Waals surface area (Å²) >= 11 is 1.29. The second-order valence-electron chi connectivity index (χ2n) is 5.49. The molecule has 0 saturated carbocycles. The van der Waals surface area contributed by atoms with Crippen LogP contribution in [0.15, 0.2) is 48.5 Å². The SMILES string of the molecule is CC(OC(=O)c1ccc2nc(N)sc2c1)C(=O)NCc1ccccc1. The van der Waals surface area contributed by atoms with E-state index in [4.69, 9.17) is 10.5 Å². The molecule has 3 aromatic rings. The van der Waals surface area contributed by atoms with Crippen molar-refractivity contribution in [3.63, 3.8) is 0 Å². The Labute approximate surface area is 148 Å². The van der Waals surface area contributed by atoms with Crippen molar-refractivity contribution in [1.82, 2.24) is 10.3 Å². The third-order valence-corrected chi connectivity index (χ3v) is 4.45. The van der Waals surface area contributed by atoms with Gasteiger partial charge in [-0.3, -0.25) is 4.79 Å². The van der Waals surface area contributed by atoms with Gasteiger partial charge in [-0.1, -0.05) is 41.7 Å². The number of nitrogens with two attached hydrogens (primary N) is 1. The molecule has 0 aliphatic heterocycles. The number of aromatic nitrogens is 1. The van der Waals surface area contributed by atoms with E-state index in [0.717, 1.165) is 15.8 Å². The summed E-state index contributed by atoms with van der Waals surface area (Å²) in [6.45, 7) is 1.93. The average Bonchev–Trinajstić information content (AvgIpc) is 2.99. The Morgan fingerprint density at radius 2 is 2.00 bits per heavy atom. The number of nitrogens with one attached hydrogen (secondary N) is 1. The minimum absolute atomic E-state index is 0.347. The second-order valence-corrected chi connectivity index (χ2v) is 6.55. The highest BCUT2D eigenvalue weighted by Gasteiger charge is 2.19. The Balaban J connectivity index is 1.59. The number of nitrogen functional groups attached to an aromatic ring is 1. The molecule has 3 rings (SSSR count). The maximum absolute atomic E-state index is 12.2. The van der Waals surface area contributed by atoms with Gasteiger partial charge in [-0.05, 0) is 30.7 Å². The molecule has 0 fully saturated rings. The Hall–Kier alpha value is -2.93. The van der Waals surface area contributed by atoms with Gasteiger partial charge < -0.3 is 15.8 Å². The van der Waals surface area contributed by atoms with Gasteiger partial charge in [0.1, 0.15) is 0 Å². The summed E-state index contributed by atoms with van der Waals surface area (Å²) in [7, 11) is 0. The van der Waals surface area contributed by atoms with Gasteiger partial charge in [0.25, 0.3) is 5.91 Å². The molecule has 25 heavy (non-hydrogen) atoms. The van der Waals surface area contributed by atoms with Gasteiger partial charge in [-0.2, -0.15) is 0 Å². The molecule has 1 atom stereocenters. The molecule has 1 aromatic heterocycles. The second kappa shape index (κ2) is 7.31. The molecule has 7 heteroatoms. The lowest BCUT2D eigenvalue weighted by Gasteiger charge is -2.13. The van der Waals surface area contributed by atoms with Crippen LogP contribution >= 0.6 is 11.3 Å². The molecule has 0 bridgehead atoms. The van der Waals surface area contributed by atoms with Gasteiger partial charge in [0.15, 0.2) is 11.2 Å². The first-order valence-electron chi connectivity index (χ1n) is 7.71. The number of ether oxygens (including phenoxy) is 1. The number of nitrogens with zero attached hydrogens (tertiary/aromatic N) is 1. The quantitative estimate of drug-likeness (QED) is 0.686. The highest BCUT2D eigenvalue weighted by atomic mass is 32.1. The fourth-order valence-corrected chi connectivity index (χ4v) is 3.05. The van der Waals surface area contributed by atoms with Crippen LogP contribution in [0.3, 0.4) is 0 Å². The van der Waals surface area contributed by atoms with Crippen molar-refractivity contribution in [1.29, 1.82) is 0 Å². The number of carbonyl (C=O) groups excluding carboxylic acids is 2. The van der Waals surface area contributed by atoms with Crippen LogP contribution in [-0.4, -0.2) is 23.0 Å². The topological polar surface area (TPSA) is 94.3 Å². The van der Waals surface area contributed by atoms with Gasteiger partial charge in [-0.15, -0.1) is 0 Å². The number of anilines is 1. The summed E-state index contributed by atoms with van der Waals surface area (Å²) < 4.78 is 6.04. The molecule has 0 aliphatic rings. The van der Waals surface area contributed by atoms with E-state index in [1.807, 2.05) is 30.3 Å². The van der Waals surface area contributed by atoms with Crippen molar-refractivity contribution >= 4 is 38.6 Å². The smallest absolute Gasteiger partial charge is 0.338 e. The molecule has 0 saturated heterocycles. The van der Waals surface area contributed by atoms with Crippen LogP contribution in [-0.2, 0) is 16.1 Å². The van der Waals surface area contributed by atoms with E-state index in [0.29, 0.717) is 17.2 Å². The monoisotopic (exact) mass is 355 g/mol. The summed E-state index contributed by atoms with van der Waals surface area (Å²) in [5, 5.41) is 3.19. The summed E-state index contributed by atoms with van der Waals surface area (Å²) in [5.41, 5.74) is 7.72. The van der Waals surface area contributed by atoms with Crippen molar-refractivity contribution in [3.05, 3.63) is 59.7 Å².